The molecule has 0 radical (unpaired) electrons. The number of rotatable bonds is 5. The van der Waals surface area contributed by atoms with E-state index in [0.717, 1.165) is 22.4 Å². The highest BCUT2D eigenvalue weighted by Crippen LogP contribution is 2.25. The van der Waals surface area contributed by atoms with Crippen LogP contribution in [0.5, 0.6) is 11.5 Å². The van der Waals surface area contributed by atoms with E-state index in [1.54, 1.807) is 13.2 Å². The Kier molecular flexibility index (Phi) is 5.04. The fourth-order valence-electron chi connectivity index (χ4n) is 1.92. The summed E-state index contributed by atoms with van der Waals surface area (Å²) in [6.07, 6.45) is 0. The largest absolute Gasteiger partial charge is 0.496 e. The number of methoxy groups -OCH3 is 1. The third kappa shape index (κ3) is 3.86. The molecule has 0 bridgehead atoms. The third-order valence-corrected chi connectivity index (χ3v) is 3.53. The number of thiocarbonyl (C=S) groups is 1. The quantitative estimate of drug-likeness (QED) is 0.849. The van der Waals surface area contributed by atoms with Gasteiger partial charge < -0.3 is 15.2 Å². The number of benzene rings is 2. The maximum atomic E-state index is 5.97. The molecule has 0 fully saturated rings. The molecule has 3 nitrogen and oxygen atoms in total. The summed E-state index contributed by atoms with van der Waals surface area (Å²) in [7, 11) is 1.59. The van der Waals surface area contributed by atoms with E-state index in [-0.39, 0.29) is 0 Å². The lowest BCUT2D eigenvalue weighted by molar-refractivity contribution is 0.303. The summed E-state index contributed by atoms with van der Waals surface area (Å²) in [5.74, 6) is 1.41. The molecule has 0 saturated heterocycles. The summed E-state index contributed by atoms with van der Waals surface area (Å²) < 4.78 is 11.1. The molecule has 0 heterocycles. The highest BCUT2D eigenvalue weighted by Gasteiger charge is 2.08. The van der Waals surface area contributed by atoms with Gasteiger partial charge in [-0.05, 0) is 42.3 Å². The Bertz CT molecular complexity index is 673. The van der Waals surface area contributed by atoms with Crippen LogP contribution in [0.2, 0.25) is 5.02 Å². The van der Waals surface area contributed by atoms with Crippen LogP contribution in [-0.4, -0.2) is 12.1 Å². The van der Waals surface area contributed by atoms with Gasteiger partial charge in [0, 0.05) is 5.02 Å². The van der Waals surface area contributed by atoms with E-state index < -0.39 is 0 Å². The highest BCUT2D eigenvalue weighted by molar-refractivity contribution is 7.80. The lowest BCUT2D eigenvalue weighted by Crippen LogP contribution is -2.11. The van der Waals surface area contributed by atoms with E-state index >= 15 is 0 Å². The summed E-state index contributed by atoms with van der Waals surface area (Å²) in [6, 6.07) is 11.2. The van der Waals surface area contributed by atoms with Crippen LogP contribution in [0, 0.1) is 6.92 Å². The first kappa shape index (κ1) is 15.6. The van der Waals surface area contributed by atoms with Crippen LogP contribution in [0.25, 0.3) is 0 Å². The van der Waals surface area contributed by atoms with Gasteiger partial charge in [-0.15, -0.1) is 0 Å². The van der Waals surface area contributed by atoms with E-state index in [9.17, 15) is 0 Å². The third-order valence-electron chi connectivity index (χ3n) is 3.08. The van der Waals surface area contributed by atoms with Crippen LogP contribution in [0.4, 0.5) is 0 Å². The van der Waals surface area contributed by atoms with Crippen LogP contribution in [0.3, 0.4) is 0 Å². The number of ether oxygens (including phenoxy) is 2. The predicted octanol–water partition coefficient (Wildman–Crippen LogP) is 3.87. The summed E-state index contributed by atoms with van der Waals surface area (Å²) in [5.41, 5.74) is 8.36. The average Bonchev–Trinajstić information content (AvgIpc) is 2.47. The van der Waals surface area contributed by atoms with Gasteiger partial charge in [-0.3, -0.25) is 0 Å². The van der Waals surface area contributed by atoms with E-state index in [1.165, 1.54) is 0 Å². The molecule has 2 rings (SSSR count). The minimum absolute atomic E-state index is 0.310. The molecule has 5 heteroatoms. The molecule has 0 spiro atoms. The summed E-state index contributed by atoms with van der Waals surface area (Å²) in [5, 5.41) is 0.650. The molecule has 2 aromatic rings. The maximum absolute atomic E-state index is 5.97. The molecule has 0 unspecified atom stereocenters. The maximum Gasteiger partial charge on any atom is 0.129 e. The second-order valence-corrected chi connectivity index (χ2v) is 5.47. The van der Waals surface area contributed by atoms with E-state index in [1.807, 2.05) is 37.3 Å². The minimum atomic E-state index is 0.310. The van der Waals surface area contributed by atoms with Crippen LogP contribution in [0.1, 0.15) is 16.7 Å². The minimum Gasteiger partial charge on any atom is -0.496 e. The van der Waals surface area contributed by atoms with Gasteiger partial charge >= 0.3 is 0 Å². The molecule has 0 aliphatic carbocycles. The van der Waals surface area contributed by atoms with Crippen molar-refractivity contribution in [1.29, 1.82) is 0 Å². The molecule has 0 aliphatic heterocycles. The van der Waals surface area contributed by atoms with Crippen molar-refractivity contribution in [2.75, 3.05) is 7.11 Å². The first-order valence-electron chi connectivity index (χ1n) is 6.37. The summed E-state index contributed by atoms with van der Waals surface area (Å²) >= 11 is 11.0. The summed E-state index contributed by atoms with van der Waals surface area (Å²) in [4.78, 5) is 0.310. The van der Waals surface area contributed by atoms with E-state index in [0.29, 0.717) is 22.4 Å². The molecule has 2 aromatic carbocycles. The van der Waals surface area contributed by atoms with Gasteiger partial charge in [0.1, 0.15) is 23.1 Å². The van der Waals surface area contributed by atoms with Gasteiger partial charge in [-0.25, -0.2) is 0 Å². The van der Waals surface area contributed by atoms with Crippen molar-refractivity contribution >= 4 is 28.8 Å². The SMILES string of the molecule is COc1cc(COc2cc(Cl)ccc2C)ccc1C(N)=S. The predicted molar refractivity (Wildman–Crippen MR) is 89.4 cm³/mol. The molecule has 21 heavy (non-hydrogen) atoms. The molecule has 0 saturated carbocycles. The van der Waals surface area contributed by atoms with Gasteiger partial charge in [0.2, 0.25) is 0 Å². The lowest BCUT2D eigenvalue weighted by atomic mass is 10.1. The molecule has 0 aromatic heterocycles. The molecular weight excluding hydrogens is 306 g/mol. The molecule has 2 N–H and O–H groups in total. The Morgan fingerprint density at radius 1 is 1.19 bits per heavy atom. The standard InChI is InChI=1S/C16H16ClNO2S/c1-10-3-5-12(17)8-14(10)20-9-11-4-6-13(16(18)21)15(7-11)19-2/h3-8H,9H2,1-2H3,(H2,18,21). The second kappa shape index (κ2) is 6.78. The normalized spacial score (nSPS) is 10.2. The Labute approximate surface area is 134 Å². The van der Waals surface area contributed by atoms with Crippen molar-refractivity contribution in [2.24, 2.45) is 5.73 Å². The lowest BCUT2D eigenvalue weighted by Gasteiger charge is -2.12. The Balaban J connectivity index is 2.17. The van der Waals surface area contributed by atoms with Crippen LogP contribution in [0.15, 0.2) is 36.4 Å². The van der Waals surface area contributed by atoms with Crippen LogP contribution < -0.4 is 15.2 Å². The van der Waals surface area contributed by atoms with Crippen LogP contribution >= 0.6 is 23.8 Å². The van der Waals surface area contributed by atoms with Gasteiger partial charge in [0.05, 0.1) is 12.7 Å². The zero-order valence-electron chi connectivity index (χ0n) is 11.9. The fourth-order valence-corrected chi connectivity index (χ4v) is 2.25. The van der Waals surface area contributed by atoms with Crippen molar-refractivity contribution in [3.63, 3.8) is 0 Å². The topological polar surface area (TPSA) is 44.5 Å². The molecule has 110 valence electrons. The first-order valence-corrected chi connectivity index (χ1v) is 7.15. The van der Waals surface area contributed by atoms with Gasteiger partial charge in [-0.2, -0.15) is 0 Å². The average molecular weight is 322 g/mol. The second-order valence-electron chi connectivity index (χ2n) is 4.60. The Morgan fingerprint density at radius 2 is 1.95 bits per heavy atom. The Morgan fingerprint density at radius 3 is 2.62 bits per heavy atom. The van der Waals surface area contributed by atoms with E-state index in [4.69, 9.17) is 39.0 Å². The number of nitrogens with two attached hydrogens (primary N) is 1. The summed E-state index contributed by atoms with van der Waals surface area (Å²) in [6.45, 7) is 2.39. The van der Waals surface area contributed by atoms with Crippen LogP contribution in [-0.2, 0) is 6.61 Å². The van der Waals surface area contributed by atoms with Gasteiger partial charge in [0.25, 0.3) is 0 Å². The first-order chi connectivity index (χ1) is 10.0. The van der Waals surface area contributed by atoms with Gasteiger partial charge in [0.15, 0.2) is 0 Å². The van der Waals surface area contributed by atoms with Crippen molar-refractivity contribution in [2.45, 2.75) is 13.5 Å². The van der Waals surface area contributed by atoms with Crippen molar-refractivity contribution < 1.29 is 9.47 Å². The highest BCUT2D eigenvalue weighted by atomic mass is 35.5. The monoisotopic (exact) mass is 321 g/mol. The zero-order valence-corrected chi connectivity index (χ0v) is 13.4. The number of hydrogen-bond donors (Lipinski definition) is 1. The Hall–Kier alpha value is -1.78. The molecule has 0 amide bonds. The van der Waals surface area contributed by atoms with E-state index in [2.05, 4.69) is 0 Å². The number of hydrogen-bond acceptors (Lipinski definition) is 3. The van der Waals surface area contributed by atoms with Gasteiger partial charge in [-0.1, -0.05) is 36.0 Å². The van der Waals surface area contributed by atoms with Crippen molar-refractivity contribution in [1.82, 2.24) is 0 Å². The van der Waals surface area contributed by atoms with Crippen molar-refractivity contribution in [3.05, 3.63) is 58.1 Å². The smallest absolute Gasteiger partial charge is 0.129 e. The molecule has 0 atom stereocenters. The fraction of sp³-hybridized carbons (Fsp3) is 0.188. The molecular formula is C16H16ClNO2S. The number of halogens is 1. The zero-order chi connectivity index (χ0) is 15.4. The van der Waals surface area contributed by atoms with Crippen molar-refractivity contribution in [3.8, 4) is 11.5 Å². The molecule has 0 aliphatic rings. The number of aryl methyl sites for hydroxylation is 1.